The van der Waals surface area contributed by atoms with Crippen molar-refractivity contribution in [3.63, 3.8) is 0 Å². The second kappa shape index (κ2) is 4.64. The molecule has 0 saturated carbocycles. The fraction of sp³-hybridized carbons (Fsp3) is 0.286. The third kappa shape index (κ3) is 2.01. The molecule has 2 aromatic rings. The minimum absolute atomic E-state index is 0.255. The van der Waals surface area contributed by atoms with Gasteiger partial charge in [-0.05, 0) is 13.0 Å². The summed E-state index contributed by atoms with van der Waals surface area (Å²) in [6, 6.07) is 8.45. The van der Waals surface area contributed by atoms with Crippen LogP contribution in [0, 0.1) is 0 Å². The zero-order valence-corrected chi connectivity index (χ0v) is 10.2. The SMILES string of the molecule is C[C@@H](Nc1cnccn1)[C@@H]1COc2ccccc21. The first-order valence-electron chi connectivity index (χ1n) is 6.09. The molecule has 3 rings (SSSR count). The predicted octanol–water partition coefficient (Wildman–Crippen LogP) is 2.45. The number of hydrogen-bond donors (Lipinski definition) is 1. The summed E-state index contributed by atoms with van der Waals surface area (Å²) in [5, 5.41) is 3.37. The molecule has 0 fully saturated rings. The van der Waals surface area contributed by atoms with Crippen LogP contribution in [0.4, 0.5) is 5.82 Å². The molecule has 2 atom stereocenters. The number of aromatic nitrogens is 2. The van der Waals surface area contributed by atoms with E-state index in [4.69, 9.17) is 4.74 Å². The van der Waals surface area contributed by atoms with Crippen molar-refractivity contribution in [2.45, 2.75) is 18.9 Å². The summed E-state index contributed by atoms with van der Waals surface area (Å²) in [5.41, 5.74) is 1.27. The fourth-order valence-corrected chi connectivity index (χ4v) is 2.31. The van der Waals surface area contributed by atoms with Gasteiger partial charge in [0.25, 0.3) is 0 Å². The lowest BCUT2D eigenvalue weighted by Crippen LogP contribution is -2.25. The van der Waals surface area contributed by atoms with Crippen molar-refractivity contribution < 1.29 is 4.74 Å². The molecule has 92 valence electrons. The van der Waals surface area contributed by atoms with E-state index in [1.807, 2.05) is 12.1 Å². The Morgan fingerprint density at radius 1 is 1.33 bits per heavy atom. The van der Waals surface area contributed by atoms with Crippen molar-refractivity contribution in [3.05, 3.63) is 48.4 Å². The summed E-state index contributed by atoms with van der Waals surface area (Å²) in [5.74, 6) is 2.15. The van der Waals surface area contributed by atoms with Crippen molar-refractivity contribution in [2.24, 2.45) is 0 Å². The number of benzene rings is 1. The number of hydrogen-bond acceptors (Lipinski definition) is 4. The van der Waals surface area contributed by atoms with Gasteiger partial charge in [-0.1, -0.05) is 18.2 Å². The monoisotopic (exact) mass is 241 g/mol. The van der Waals surface area contributed by atoms with Gasteiger partial charge < -0.3 is 10.1 Å². The molecule has 1 aromatic carbocycles. The van der Waals surface area contributed by atoms with E-state index in [-0.39, 0.29) is 6.04 Å². The molecule has 0 aliphatic carbocycles. The van der Waals surface area contributed by atoms with Crippen molar-refractivity contribution in [3.8, 4) is 5.75 Å². The van der Waals surface area contributed by atoms with Gasteiger partial charge >= 0.3 is 0 Å². The van der Waals surface area contributed by atoms with Crippen LogP contribution >= 0.6 is 0 Å². The fourth-order valence-electron chi connectivity index (χ4n) is 2.31. The minimum Gasteiger partial charge on any atom is -0.493 e. The van der Waals surface area contributed by atoms with Gasteiger partial charge in [0, 0.05) is 29.9 Å². The Morgan fingerprint density at radius 2 is 2.22 bits per heavy atom. The first-order valence-corrected chi connectivity index (χ1v) is 6.09. The van der Waals surface area contributed by atoms with Crippen molar-refractivity contribution in [1.82, 2.24) is 9.97 Å². The topological polar surface area (TPSA) is 47.0 Å². The van der Waals surface area contributed by atoms with Gasteiger partial charge in [-0.25, -0.2) is 4.98 Å². The molecule has 0 unspecified atom stereocenters. The van der Waals surface area contributed by atoms with Crippen LogP contribution in [0.1, 0.15) is 18.4 Å². The Kier molecular flexibility index (Phi) is 2.84. The van der Waals surface area contributed by atoms with E-state index >= 15 is 0 Å². The summed E-state index contributed by atoms with van der Waals surface area (Å²) in [7, 11) is 0. The molecule has 18 heavy (non-hydrogen) atoms. The van der Waals surface area contributed by atoms with Crippen LogP contribution in [0.25, 0.3) is 0 Å². The number of para-hydroxylation sites is 1. The summed E-state index contributed by atoms with van der Waals surface area (Å²) < 4.78 is 5.69. The third-order valence-corrected chi connectivity index (χ3v) is 3.28. The van der Waals surface area contributed by atoms with Crippen molar-refractivity contribution in [1.29, 1.82) is 0 Å². The zero-order chi connectivity index (χ0) is 12.4. The maximum Gasteiger partial charge on any atom is 0.144 e. The largest absolute Gasteiger partial charge is 0.493 e. The highest BCUT2D eigenvalue weighted by Crippen LogP contribution is 2.36. The van der Waals surface area contributed by atoms with E-state index in [0.717, 1.165) is 11.6 Å². The van der Waals surface area contributed by atoms with Gasteiger partial charge in [0.05, 0.1) is 12.8 Å². The molecule has 1 N–H and O–H groups in total. The van der Waals surface area contributed by atoms with E-state index in [9.17, 15) is 0 Å². The number of fused-ring (bicyclic) bond motifs is 1. The second-order valence-corrected chi connectivity index (χ2v) is 4.48. The van der Waals surface area contributed by atoms with E-state index < -0.39 is 0 Å². The Labute approximate surface area is 106 Å². The van der Waals surface area contributed by atoms with Crippen molar-refractivity contribution in [2.75, 3.05) is 11.9 Å². The highest BCUT2D eigenvalue weighted by molar-refractivity contribution is 5.43. The van der Waals surface area contributed by atoms with Crippen molar-refractivity contribution >= 4 is 5.82 Å². The summed E-state index contributed by atoms with van der Waals surface area (Å²) in [6.07, 6.45) is 5.09. The highest BCUT2D eigenvalue weighted by Gasteiger charge is 2.28. The van der Waals surface area contributed by atoms with Crippen LogP contribution in [0.3, 0.4) is 0 Å². The van der Waals surface area contributed by atoms with Crippen LogP contribution < -0.4 is 10.1 Å². The van der Waals surface area contributed by atoms with E-state index in [0.29, 0.717) is 12.5 Å². The Bertz CT molecular complexity index is 530. The number of ether oxygens (including phenoxy) is 1. The molecule has 0 saturated heterocycles. The molecule has 0 radical (unpaired) electrons. The molecular weight excluding hydrogens is 226 g/mol. The lowest BCUT2D eigenvalue weighted by molar-refractivity contribution is 0.322. The highest BCUT2D eigenvalue weighted by atomic mass is 16.5. The van der Waals surface area contributed by atoms with Crippen LogP contribution in [-0.2, 0) is 0 Å². The molecule has 0 amide bonds. The third-order valence-electron chi connectivity index (χ3n) is 3.28. The molecule has 1 aromatic heterocycles. The molecular formula is C14H15N3O. The quantitative estimate of drug-likeness (QED) is 0.896. The Morgan fingerprint density at radius 3 is 3.06 bits per heavy atom. The minimum atomic E-state index is 0.255. The average Bonchev–Trinajstić information content (AvgIpc) is 2.84. The number of anilines is 1. The summed E-state index contributed by atoms with van der Waals surface area (Å²) >= 11 is 0. The van der Waals surface area contributed by atoms with Crippen LogP contribution in [-0.4, -0.2) is 22.6 Å². The lowest BCUT2D eigenvalue weighted by Gasteiger charge is -2.20. The normalized spacial score (nSPS) is 18.8. The number of nitrogens with zero attached hydrogens (tertiary/aromatic N) is 2. The maximum absolute atomic E-state index is 5.69. The van der Waals surface area contributed by atoms with Gasteiger partial charge in [0.1, 0.15) is 11.6 Å². The predicted molar refractivity (Wildman–Crippen MR) is 69.8 cm³/mol. The molecule has 0 bridgehead atoms. The zero-order valence-electron chi connectivity index (χ0n) is 10.2. The van der Waals surface area contributed by atoms with E-state index in [2.05, 4.69) is 34.3 Å². The average molecular weight is 241 g/mol. The van der Waals surface area contributed by atoms with Crippen LogP contribution in [0.5, 0.6) is 5.75 Å². The molecule has 2 heterocycles. The van der Waals surface area contributed by atoms with Gasteiger partial charge in [0.2, 0.25) is 0 Å². The van der Waals surface area contributed by atoms with Crippen LogP contribution in [0.15, 0.2) is 42.9 Å². The first-order chi connectivity index (χ1) is 8.84. The Hall–Kier alpha value is -2.10. The molecule has 1 aliphatic rings. The number of nitrogens with one attached hydrogen (secondary N) is 1. The molecule has 4 heteroatoms. The van der Waals surface area contributed by atoms with Gasteiger partial charge in [-0.2, -0.15) is 0 Å². The molecule has 0 spiro atoms. The smallest absolute Gasteiger partial charge is 0.144 e. The lowest BCUT2D eigenvalue weighted by atomic mass is 9.94. The second-order valence-electron chi connectivity index (χ2n) is 4.48. The van der Waals surface area contributed by atoms with E-state index in [1.165, 1.54) is 5.56 Å². The first kappa shape index (κ1) is 11.0. The Balaban J connectivity index is 1.77. The molecule has 4 nitrogen and oxygen atoms in total. The summed E-state index contributed by atoms with van der Waals surface area (Å²) in [4.78, 5) is 8.28. The number of rotatable bonds is 3. The molecule has 1 aliphatic heterocycles. The maximum atomic E-state index is 5.69. The standard InChI is InChI=1S/C14H15N3O/c1-10(17-14-8-15-6-7-16-14)12-9-18-13-5-3-2-4-11(12)13/h2-8,10,12H,9H2,1H3,(H,16,17)/t10-,12+/m1/s1. The summed E-state index contributed by atoms with van der Waals surface area (Å²) in [6.45, 7) is 2.86. The van der Waals surface area contributed by atoms with Gasteiger partial charge in [-0.15, -0.1) is 0 Å². The van der Waals surface area contributed by atoms with Gasteiger partial charge in [-0.3, -0.25) is 4.98 Å². The van der Waals surface area contributed by atoms with Gasteiger partial charge in [0.15, 0.2) is 0 Å². The van der Waals surface area contributed by atoms with E-state index in [1.54, 1.807) is 18.6 Å². The van der Waals surface area contributed by atoms with Crippen LogP contribution in [0.2, 0.25) is 0 Å².